The van der Waals surface area contributed by atoms with Gasteiger partial charge in [-0.25, -0.2) is 0 Å². The number of nitrogens with one attached hydrogen (secondary N) is 2. The summed E-state index contributed by atoms with van der Waals surface area (Å²) in [6.45, 7) is 1.40. The predicted molar refractivity (Wildman–Crippen MR) is 94.0 cm³/mol. The largest absolute Gasteiger partial charge is 0.418 e. The average Bonchev–Trinajstić information content (AvgIpc) is 2.61. The van der Waals surface area contributed by atoms with E-state index in [0.29, 0.717) is 11.3 Å². The molecule has 1 heterocycles. The van der Waals surface area contributed by atoms with Crippen molar-refractivity contribution in [3.05, 3.63) is 75.6 Å². The number of amides is 1. The molecule has 0 unspecified atom stereocenters. The van der Waals surface area contributed by atoms with Crippen LogP contribution in [-0.2, 0) is 6.18 Å². The maximum Gasteiger partial charge on any atom is 0.418 e. The van der Waals surface area contributed by atoms with Crippen molar-refractivity contribution in [3.63, 3.8) is 0 Å². The Morgan fingerprint density at radius 3 is 2.30 bits per heavy atom. The van der Waals surface area contributed by atoms with Gasteiger partial charge in [0.1, 0.15) is 5.56 Å². The lowest BCUT2D eigenvalue weighted by Crippen LogP contribution is -2.22. The van der Waals surface area contributed by atoms with Gasteiger partial charge in [-0.05, 0) is 43.3 Å². The van der Waals surface area contributed by atoms with Crippen LogP contribution in [0.3, 0.4) is 0 Å². The van der Waals surface area contributed by atoms with Crippen molar-refractivity contribution in [2.24, 2.45) is 0 Å². The maximum atomic E-state index is 13.1. The molecule has 0 saturated heterocycles. The van der Waals surface area contributed by atoms with Gasteiger partial charge in [-0.1, -0.05) is 6.07 Å². The molecule has 3 rings (SSSR count). The van der Waals surface area contributed by atoms with E-state index in [1.54, 1.807) is 0 Å². The van der Waals surface area contributed by atoms with Crippen molar-refractivity contribution in [3.8, 4) is 0 Å². The summed E-state index contributed by atoms with van der Waals surface area (Å²) in [5.74, 6) is -0.912. The van der Waals surface area contributed by atoms with Crippen molar-refractivity contribution in [1.29, 1.82) is 0 Å². The number of carbonyl (C=O) groups excluding carboxylic acids is 2. The van der Waals surface area contributed by atoms with Gasteiger partial charge in [-0.15, -0.1) is 0 Å². The van der Waals surface area contributed by atoms with Crippen LogP contribution in [0.1, 0.15) is 33.2 Å². The van der Waals surface area contributed by atoms with Crippen molar-refractivity contribution in [2.75, 3.05) is 5.32 Å². The Balaban J connectivity index is 1.97. The minimum absolute atomic E-state index is 0.140. The number of anilines is 1. The van der Waals surface area contributed by atoms with Crippen molar-refractivity contribution in [1.82, 2.24) is 4.98 Å². The van der Waals surface area contributed by atoms with Crippen LogP contribution in [0.5, 0.6) is 0 Å². The van der Waals surface area contributed by atoms with Crippen LogP contribution < -0.4 is 10.7 Å². The molecule has 0 spiro atoms. The number of Topliss-reactive ketones (excluding diaryl/α,β-unsaturated/α-hetero) is 1. The molecule has 0 atom stereocenters. The number of hydrogen-bond donors (Lipinski definition) is 2. The molecule has 0 aliphatic rings. The molecule has 0 fully saturated rings. The van der Waals surface area contributed by atoms with Crippen LogP contribution >= 0.6 is 0 Å². The molecule has 0 aliphatic heterocycles. The fraction of sp³-hybridized carbons (Fsp3) is 0.105. The highest BCUT2D eigenvalue weighted by Crippen LogP contribution is 2.33. The predicted octanol–water partition coefficient (Wildman–Crippen LogP) is 4.00. The zero-order valence-corrected chi connectivity index (χ0v) is 14.0. The van der Waals surface area contributed by atoms with E-state index in [1.807, 2.05) is 0 Å². The van der Waals surface area contributed by atoms with E-state index in [-0.39, 0.29) is 22.2 Å². The summed E-state index contributed by atoms with van der Waals surface area (Å²) in [6, 6.07) is 9.20. The standard InChI is InChI=1S/C19H13F3N2O3/c1-10(25)11-5-7-12(8-6-11)24-18(27)14-9-23-16-13(17(14)26)3-2-4-15(16)19(20,21)22/h2-9H,1H3,(H,23,26)(H,24,27). The topological polar surface area (TPSA) is 79.0 Å². The van der Waals surface area contributed by atoms with Gasteiger partial charge in [0.15, 0.2) is 5.78 Å². The highest BCUT2D eigenvalue weighted by atomic mass is 19.4. The van der Waals surface area contributed by atoms with E-state index in [2.05, 4.69) is 10.3 Å². The number of benzene rings is 2. The molecule has 8 heteroatoms. The number of fused-ring (bicyclic) bond motifs is 1. The molecule has 0 saturated carbocycles. The van der Waals surface area contributed by atoms with Crippen molar-refractivity contribution in [2.45, 2.75) is 13.1 Å². The first-order chi connectivity index (χ1) is 12.7. The smallest absolute Gasteiger partial charge is 0.360 e. The lowest BCUT2D eigenvalue weighted by molar-refractivity contribution is -0.136. The van der Waals surface area contributed by atoms with Gasteiger partial charge in [-0.2, -0.15) is 13.2 Å². The van der Waals surface area contributed by atoms with Gasteiger partial charge in [0.2, 0.25) is 5.43 Å². The molecular weight excluding hydrogens is 361 g/mol. The van der Waals surface area contributed by atoms with Crippen LogP contribution in [0.25, 0.3) is 10.9 Å². The lowest BCUT2D eigenvalue weighted by Gasteiger charge is -2.11. The van der Waals surface area contributed by atoms with Crippen LogP contribution in [0.4, 0.5) is 18.9 Å². The number of hydrogen-bond acceptors (Lipinski definition) is 3. The van der Waals surface area contributed by atoms with E-state index in [0.717, 1.165) is 18.3 Å². The van der Waals surface area contributed by atoms with E-state index < -0.39 is 23.1 Å². The Bertz CT molecular complexity index is 1100. The van der Waals surface area contributed by atoms with Gasteiger partial charge >= 0.3 is 6.18 Å². The van der Waals surface area contributed by atoms with Crippen LogP contribution in [0.2, 0.25) is 0 Å². The van der Waals surface area contributed by atoms with Gasteiger partial charge < -0.3 is 10.3 Å². The Morgan fingerprint density at radius 2 is 1.70 bits per heavy atom. The van der Waals surface area contributed by atoms with Crippen LogP contribution in [-0.4, -0.2) is 16.7 Å². The highest BCUT2D eigenvalue weighted by molar-refractivity contribution is 6.06. The third-order valence-corrected chi connectivity index (χ3v) is 4.01. The maximum absolute atomic E-state index is 13.1. The van der Waals surface area contributed by atoms with Gasteiger partial charge in [0.05, 0.1) is 11.1 Å². The molecule has 1 amide bonds. The number of aromatic amines is 1. The van der Waals surface area contributed by atoms with E-state index in [4.69, 9.17) is 0 Å². The van der Waals surface area contributed by atoms with Crippen LogP contribution in [0.15, 0.2) is 53.5 Å². The van der Waals surface area contributed by atoms with E-state index >= 15 is 0 Å². The molecular formula is C19H13F3N2O3. The second-order valence-corrected chi connectivity index (χ2v) is 5.85. The highest BCUT2D eigenvalue weighted by Gasteiger charge is 2.33. The third-order valence-electron chi connectivity index (χ3n) is 4.01. The summed E-state index contributed by atoms with van der Waals surface area (Å²) in [4.78, 5) is 38.5. The second kappa shape index (κ2) is 6.71. The molecule has 3 aromatic rings. The molecule has 0 bridgehead atoms. The quantitative estimate of drug-likeness (QED) is 0.680. The molecule has 0 radical (unpaired) electrons. The van der Waals surface area contributed by atoms with Gasteiger partial charge in [0.25, 0.3) is 5.91 Å². The third kappa shape index (κ3) is 3.59. The first-order valence-electron chi connectivity index (χ1n) is 7.82. The van der Waals surface area contributed by atoms with Gasteiger partial charge in [-0.3, -0.25) is 14.4 Å². The fourth-order valence-electron chi connectivity index (χ4n) is 2.64. The molecule has 138 valence electrons. The minimum Gasteiger partial charge on any atom is -0.360 e. The van der Waals surface area contributed by atoms with Crippen molar-refractivity contribution >= 4 is 28.3 Å². The Morgan fingerprint density at radius 1 is 1.04 bits per heavy atom. The van der Waals surface area contributed by atoms with Crippen LogP contribution in [0, 0.1) is 0 Å². The number of carbonyl (C=O) groups is 2. The lowest BCUT2D eigenvalue weighted by atomic mass is 10.1. The number of halogens is 3. The number of ketones is 1. The number of alkyl halides is 3. The summed E-state index contributed by atoms with van der Waals surface area (Å²) < 4.78 is 39.2. The molecule has 5 nitrogen and oxygen atoms in total. The Hall–Kier alpha value is -3.42. The molecule has 1 aromatic heterocycles. The first kappa shape index (κ1) is 18.4. The SMILES string of the molecule is CC(=O)c1ccc(NC(=O)c2c[nH]c3c(C(F)(F)F)cccc3c2=O)cc1. The zero-order valence-electron chi connectivity index (χ0n) is 14.0. The fourth-order valence-corrected chi connectivity index (χ4v) is 2.64. The number of aromatic nitrogens is 1. The van der Waals surface area contributed by atoms with Crippen molar-refractivity contribution < 1.29 is 22.8 Å². The Kier molecular flexibility index (Phi) is 4.57. The Labute approximate surface area is 150 Å². The zero-order chi connectivity index (χ0) is 19.8. The number of H-pyrrole nitrogens is 1. The number of rotatable bonds is 3. The monoisotopic (exact) mass is 374 g/mol. The number of pyridine rings is 1. The summed E-state index contributed by atoms with van der Waals surface area (Å²) >= 11 is 0. The normalized spacial score (nSPS) is 11.4. The molecule has 2 N–H and O–H groups in total. The second-order valence-electron chi connectivity index (χ2n) is 5.85. The molecule has 0 aliphatic carbocycles. The number of para-hydroxylation sites is 1. The summed E-state index contributed by atoms with van der Waals surface area (Å²) in [6.07, 6.45) is -3.68. The molecule has 2 aromatic carbocycles. The van der Waals surface area contributed by atoms with E-state index in [9.17, 15) is 27.6 Å². The molecule has 27 heavy (non-hydrogen) atoms. The minimum atomic E-state index is -4.63. The summed E-state index contributed by atoms with van der Waals surface area (Å²) in [5, 5.41) is 2.25. The first-order valence-corrected chi connectivity index (χ1v) is 7.82. The summed E-state index contributed by atoms with van der Waals surface area (Å²) in [5.41, 5.74) is -1.70. The summed E-state index contributed by atoms with van der Waals surface area (Å²) in [7, 11) is 0. The van der Waals surface area contributed by atoms with Gasteiger partial charge in [0, 0.05) is 22.8 Å². The average molecular weight is 374 g/mol. The van der Waals surface area contributed by atoms with E-state index in [1.165, 1.54) is 37.3 Å².